The average molecular weight is 302 g/mol. The Morgan fingerprint density at radius 2 is 2.14 bits per heavy atom. The molecule has 5 heteroatoms. The smallest absolute Gasteiger partial charge is 0.231 e. The van der Waals surface area contributed by atoms with E-state index in [4.69, 9.17) is 9.47 Å². The highest BCUT2D eigenvalue weighted by Crippen LogP contribution is 2.38. The molecule has 0 amide bonds. The second-order valence-electron chi connectivity index (χ2n) is 5.46. The monoisotopic (exact) mass is 302 g/mol. The molecule has 0 spiro atoms. The Bertz CT molecular complexity index is 656. The fourth-order valence-electron chi connectivity index (χ4n) is 2.88. The summed E-state index contributed by atoms with van der Waals surface area (Å²) in [5.74, 6) is 3.86. The standard InChI is InChI=1S/C16H18N2O2S/c1-2-6-21-12(3-1)9-18-16-13-8-15-14(19-10-20-15)7-11(13)4-5-17-16/h4-5,7-8,12H,1-3,6,9-10H2,(H,17,18). The number of pyridine rings is 1. The molecule has 2 aromatic rings. The Kier molecular flexibility index (Phi) is 3.51. The van der Waals surface area contributed by atoms with Gasteiger partial charge in [0.1, 0.15) is 5.82 Å². The lowest BCUT2D eigenvalue weighted by Gasteiger charge is -2.22. The Morgan fingerprint density at radius 1 is 1.24 bits per heavy atom. The number of nitrogens with one attached hydrogen (secondary N) is 1. The summed E-state index contributed by atoms with van der Waals surface area (Å²) in [4.78, 5) is 4.50. The molecule has 4 nitrogen and oxygen atoms in total. The Labute approximate surface area is 128 Å². The molecule has 0 saturated carbocycles. The van der Waals surface area contributed by atoms with Gasteiger partial charge in [-0.05, 0) is 42.2 Å². The zero-order valence-electron chi connectivity index (χ0n) is 11.8. The largest absolute Gasteiger partial charge is 0.454 e. The molecule has 1 aromatic carbocycles. The van der Waals surface area contributed by atoms with Crippen molar-refractivity contribution in [2.75, 3.05) is 24.4 Å². The van der Waals surface area contributed by atoms with E-state index in [-0.39, 0.29) is 0 Å². The highest BCUT2D eigenvalue weighted by atomic mass is 32.2. The normalized spacial score (nSPS) is 20.7. The fourth-order valence-corrected chi connectivity index (χ4v) is 4.12. The van der Waals surface area contributed by atoms with Crippen LogP contribution in [-0.2, 0) is 0 Å². The molecule has 110 valence electrons. The van der Waals surface area contributed by atoms with Crippen molar-refractivity contribution in [3.8, 4) is 11.5 Å². The second-order valence-corrected chi connectivity index (χ2v) is 6.86. The molecule has 1 fully saturated rings. The van der Waals surface area contributed by atoms with E-state index in [9.17, 15) is 0 Å². The van der Waals surface area contributed by atoms with Gasteiger partial charge in [0.25, 0.3) is 0 Å². The summed E-state index contributed by atoms with van der Waals surface area (Å²) >= 11 is 2.07. The minimum absolute atomic E-state index is 0.306. The van der Waals surface area contributed by atoms with Crippen LogP contribution in [0.5, 0.6) is 11.5 Å². The first-order valence-corrected chi connectivity index (χ1v) is 8.49. The third-order valence-corrected chi connectivity index (χ3v) is 5.43. The number of hydrogen-bond donors (Lipinski definition) is 1. The Hall–Kier alpha value is -1.62. The summed E-state index contributed by atoms with van der Waals surface area (Å²) in [5.41, 5.74) is 0. The van der Waals surface area contributed by atoms with Crippen LogP contribution in [0.1, 0.15) is 19.3 Å². The predicted molar refractivity (Wildman–Crippen MR) is 86.5 cm³/mol. The van der Waals surface area contributed by atoms with Crippen LogP contribution in [0, 0.1) is 0 Å². The third-order valence-electron chi connectivity index (χ3n) is 4.03. The van der Waals surface area contributed by atoms with Crippen molar-refractivity contribution in [1.82, 2.24) is 4.98 Å². The number of anilines is 1. The first-order chi connectivity index (χ1) is 10.4. The summed E-state index contributed by atoms with van der Waals surface area (Å²) in [6.45, 7) is 1.28. The number of fused-ring (bicyclic) bond motifs is 2. The molecule has 1 N–H and O–H groups in total. The van der Waals surface area contributed by atoms with Crippen LogP contribution in [0.15, 0.2) is 24.4 Å². The molecule has 3 heterocycles. The summed E-state index contributed by atoms with van der Waals surface area (Å²) < 4.78 is 10.9. The van der Waals surface area contributed by atoms with E-state index in [0.29, 0.717) is 12.0 Å². The molecule has 0 bridgehead atoms. The van der Waals surface area contributed by atoms with Crippen LogP contribution in [0.25, 0.3) is 10.8 Å². The maximum atomic E-state index is 5.47. The molecule has 1 atom stereocenters. The van der Waals surface area contributed by atoms with Gasteiger partial charge in [0.15, 0.2) is 11.5 Å². The number of thioether (sulfide) groups is 1. The van der Waals surface area contributed by atoms with Crippen LogP contribution in [-0.4, -0.2) is 29.3 Å². The second kappa shape index (κ2) is 5.64. The lowest BCUT2D eigenvalue weighted by Crippen LogP contribution is -2.20. The number of benzene rings is 1. The lowest BCUT2D eigenvalue weighted by atomic mass is 10.1. The van der Waals surface area contributed by atoms with E-state index >= 15 is 0 Å². The SMILES string of the molecule is c1cc2cc3c(cc2c(NCC2CCCCS2)n1)OCO3. The first kappa shape index (κ1) is 13.1. The van der Waals surface area contributed by atoms with Crippen molar-refractivity contribution in [1.29, 1.82) is 0 Å². The van der Waals surface area contributed by atoms with Crippen molar-refractivity contribution >= 4 is 28.4 Å². The topological polar surface area (TPSA) is 43.4 Å². The van der Waals surface area contributed by atoms with Crippen LogP contribution < -0.4 is 14.8 Å². The van der Waals surface area contributed by atoms with Gasteiger partial charge in [-0.3, -0.25) is 0 Å². The summed E-state index contributed by atoms with van der Waals surface area (Å²) in [5, 5.41) is 6.45. The number of rotatable bonds is 3. The van der Waals surface area contributed by atoms with E-state index in [1.807, 2.05) is 24.4 Å². The quantitative estimate of drug-likeness (QED) is 0.937. The molecule has 0 radical (unpaired) electrons. The Balaban J connectivity index is 1.59. The van der Waals surface area contributed by atoms with E-state index in [1.54, 1.807) is 0 Å². The number of hydrogen-bond acceptors (Lipinski definition) is 5. The van der Waals surface area contributed by atoms with Gasteiger partial charge in [-0.15, -0.1) is 0 Å². The minimum Gasteiger partial charge on any atom is -0.454 e. The number of aromatic nitrogens is 1. The molecular weight excluding hydrogens is 284 g/mol. The van der Waals surface area contributed by atoms with Crippen molar-refractivity contribution in [3.05, 3.63) is 24.4 Å². The predicted octanol–water partition coefficient (Wildman–Crippen LogP) is 3.66. The zero-order chi connectivity index (χ0) is 14.1. The van der Waals surface area contributed by atoms with E-state index < -0.39 is 0 Å². The molecular formula is C16H18N2O2S. The van der Waals surface area contributed by atoms with Crippen molar-refractivity contribution < 1.29 is 9.47 Å². The number of ether oxygens (including phenoxy) is 2. The molecule has 1 saturated heterocycles. The zero-order valence-corrected chi connectivity index (χ0v) is 12.6. The first-order valence-electron chi connectivity index (χ1n) is 7.44. The van der Waals surface area contributed by atoms with Gasteiger partial charge >= 0.3 is 0 Å². The van der Waals surface area contributed by atoms with Crippen LogP contribution >= 0.6 is 11.8 Å². The van der Waals surface area contributed by atoms with Crippen molar-refractivity contribution in [2.45, 2.75) is 24.5 Å². The summed E-state index contributed by atoms with van der Waals surface area (Å²) in [6.07, 6.45) is 5.85. The van der Waals surface area contributed by atoms with Gasteiger partial charge < -0.3 is 14.8 Å². The van der Waals surface area contributed by atoms with Crippen LogP contribution in [0.4, 0.5) is 5.82 Å². The Morgan fingerprint density at radius 3 is 3.00 bits per heavy atom. The summed E-state index contributed by atoms with van der Waals surface area (Å²) in [7, 11) is 0. The maximum Gasteiger partial charge on any atom is 0.231 e. The van der Waals surface area contributed by atoms with Crippen molar-refractivity contribution in [3.63, 3.8) is 0 Å². The molecule has 2 aliphatic rings. The van der Waals surface area contributed by atoms with Crippen LogP contribution in [0.3, 0.4) is 0 Å². The van der Waals surface area contributed by atoms with Gasteiger partial charge in [0.05, 0.1) is 0 Å². The van der Waals surface area contributed by atoms with Gasteiger partial charge in [0.2, 0.25) is 6.79 Å². The minimum atomic E-state index is 0.306. The highest BCUT2D eigenvalue weighted by molar-refractivity contribution is 7.99. The van der Waals surface area contributed by atoms with Crippen molar-refractivity contribution in [2.24, 2.45) is 0 Å². The average Bonchev–Trinajstić information content (AvgIpc) is 2.99. The molecule has 1 aromatic heterocycles. The van der Waals surface area contributed by atoms with Gasteiger partial charge in [-0.2, -0.15) is 11.8 Å². The van der Waals surface area contributed by atoms with Gasteiger partial charge in [0, 0.05) is 23.4 Å². The molecule has 21 heavy (non-hydrogen) atoms. The van der Waals surface area contributed by atoms with E-state index in [2.05, 4.69) is 22.1 Å². The van der Waals surface area contributed by atoms with Gasteiger partial charge in [-0.1, -0.05) is 6.42 Å². The summed E-state index contributed by atoms with van der Waals surface area (Å²) in [6, 6.07) is 6.07. The highest BCUT2D eigenvalue weighted by Gasteiger charge is 2.17. The molecule has 2 aliphatic heterocycles. The number of nitrogens with zero attached hydrogens (tertiary/aromatic N) is 1. The lowest BCUT2D eigenvalue weighted by molar-refractivity contribution is 0.174. The molecule has 1 unspecified atom stereocenters. The fraction of sp³-hybridized carbons (Fsp3) is 0.438. The maximum absolute atomic E-state index is 5.47. The van der Waals surface area contributed by atoms with E-state index in [1.165, 1.54) is 25.0 Å². The van der Waals surface area contributed by atoms with Crippen LogP contribution in [0.2, 0.25) is 0 Å². The third kappa shape index (κ3) is 2.62. The molecule has 0 aliphatic carbocycles. The van der Waals surface area contributed by atoms with Gasteiger partial charge in [-0.25, -0.2) is 4.98 Å². The van der Waals surface area contributed by atoms with E-state index in [0.717, 1.165) is 34.6 Å². The molecule has 4 rings (SSSR count).